The lowest BCUT2D eigenvalue weighted by Crippen LogP contribution is -2.54. The minimum atomic E-state index is -0.838. The molecule has 1 aliphatic carbocycles. The number of rotatable bonds is 7. The Morgan fingerprint density at radius 2 is 2.04 bits per heavy atom. The summed E-state index contributed by atoms with van der Waals surface area (Å²) in [6.45, 7) is 2.63. The Labute approximate surface area is 154 Å². The molecule has 0 radical (unpaired) electrons. The number of aromatic nitrogens is 1. The Balaban J connectivity index is 1.54. The maximum Gasteiger partial charge on any atom is 0.317 e. The number of halogens is 1. The van der Waals surface area contributed by atoms with E-state index < -0.39 is 5.97 Å². The van der Waals surface area contributed by atoms with Crippen molar-refractivity contribution in [2.45, 2.75) is 31.8 Å². The van der Waals surface area contributed by atoms with E-state index in [0.29, 0.717) is 17.2 Å². The zero-order valence-electron chi connectivity index (χ0n) is 14.3. The molecule has 1 amide bonds. The number of benzene rings is 1. The van der Waals surface area contributed by atoms with E-state index in [1.807, 2.05) is 11.8 Å². The van der Waals surface area contributed by atoms with Crippen LogP contribution in [0.1, 0.15) is 30.3 Å². The predicted octanol–water partition coefficient (Wildman–Crippen LogP) is 2.62. The lowest BCUT2D eigenvalue weighted by atomic mass is 9.85. The zero-order chi connectivity index (χ0) is 18.7. The van der Waals surface area contributed by atoms with Crippen LogP contribution in [-0.4, -0.2) is 52.0 Å². The molecule has 0 bridgehead atoms. The van der Waals surface area contributed by atoms with E-state index in [-0.39, 0.29) is 30.4 Å². The van der Waals surface area contributed by atoms with Crippen LogP contribution in [0.15, 0.2) is 29.6 Å². The second-order valence-corrected chi connectivity index (χ2v) is 7.16. The molecule has 1 aromatic carbocycles. The average molecular weight is 377 g/mol. The van der Waals surface area contributed by atoms with Crippen LogP contribution in [0, 0.1) is 5.82 Å². The standard InChI is InChI=1S/C18H20FN3O3S/c1-2-22(9-16(23)24)14-7-13(8-14)20-17(25)15-10-26-18(21-15)11-3-5-12(19)6-4-11/h3-6,10,13-14H,2,7-9H2,1H3,(H,20,25)(H,23,24). The number of thiazole rings is 1. The van der Waals surface area contributed by atoms with Gasteiger partial charge in [-0.15, -0.1) is 11.3 Å². The van der Waals surface area contributed by atoms with Crippen molar-refractivity contribution < 1.29 is 19.1 Å². The number of carboxylic acid groups (broad SMARTS) is 1. The molecular formula is C18H20FN3O3S. The number of carbonyl (C=O) groups excluding carboxylic acids is 1. The second-order valence-electron chi connectivity index (χ2n) is 6.30. The smallest absolute Gasteiger partial charge is 0.317 e. The summed E-state index contributed by atoms with van der Waals surface area (Å²) in [5.74, 6) is -1.39. The monoisotopic (exact) mass is 377 g/mol. The number of nitrogens with zero attached hydrogens (tertiary/aromatic N) is 2. The van der Waals surface area contributed by atoms with Crippen LogP contribution in [0.2, 0.25) is 0 Å². The Kier molecular flexibility index (Phi) is 5.63. The Bertz CT molecular complexity index is 787. The molecule has 2 N–H and O–H groups in total. The third-order valence-electron chi connectivity index (χ3n) is 4.54. The molecule has 0 aliphatic heterocycles. The molecule has 0 atom stereocenters. The number of hydrogen-bond acceptors (Lipinski definition) is 5. The number of nitrogens with one attached hydrogen (secondary N) is 1. The predicted molar refractivity (Wildman–Crippen MR) is 96.7 cm³/mol. The molecule has 3 rings (SSSR count). The van der Waals surface area contributed by atoms with Crippen LogP contribution in [0.5, 0.6) is 0 Å². The van der Waals surface area contributed by atoms with E-state index in [1.165, 1.54) is 23.5 Å². The maximum atomic E-state index is 13.0. The van der Waals surface area contributed by atoms with Crippen molar-refractivity contribution in [1.29, 1.82) is 0 Å². The third-order valence-corrected chi connectivity index (χ3v) is 5.43. The van der Waals surface area contributed by atoms with Gasteiger partial charge in [-0.2, -0.15) is 0 Å². The number of carboxylic acids is 1. The van der Waals surface area contributed by atoms with Crippen molar-refractivity contribution in [3.05, 3.63) is 41.2 Å². The third kappa shape index (κ3) is 4.25. The van der Waals surface area contributed by atoms with Gasteiger partial charge in [0.25, 0.3) is 5.91 Å². The van der Waals surface area contributed by atoms with Gasteiger partial charge >= 0.3 is 5.97 Å². The van der Waals surface area contributed by atoms with Crippen LogP contribution < -0.4 is 5.32 Å². The minimum Gasteiger partial charge on any atom is -0.480 e. The average Bonchev–Trinajstić information content (AvgIpc) is 3.06. The maximum absolute atomic E-state index is 13.0. The summed E-state index contributed by atoms with van der Waals surface area (Å²) in [5, 5.41) is 14.2. The first-order valence-electron chi connectivity index (χ1n) is 8.44. The van der Waals surface area contributed by atoms with E-state index in [1.54, 1.807) is 17.5 Å². The molecule has 138 valence electrons. The molecular weight excluding hydrogens is 357 g/mol. The second kappa shape index (κ2) is 7.92. The summed E-state index contributed by atoms with van der Waals surface area (Å²) in [6.07, 6.45) is 1.48. The van der Waals surface area contributed by atoms with Gasteiger partial charge in [-0.05, 0) is 43.7 Å². The fourth-order valence-corrected chi connectivity index (χ4v) is 3.85. The Morgan fingerprint density at radius 1 is 1.35 bits per heavy atom. The first-order chi connectivity index (χ1) is 12.5. The number of carbonyl (C=O) groups is 2. The SMILES string of the molecule is CCN(CC(=O)O)C1CC(NC(=O)c2csc(-c3ccc(F)cc3)n2)C1. The molecule has 1 fully saturated rings. The number of aliphatic carboxylic acids is 1. The van der Waals surface area contributed by atoms with Crippen LogP contribution >= 0.6 is 11.3 Å². The van der Waals surface area contributed by atoms with Gasteiger partial charge in [0.05, 0.1) is 6.54 Å². The van der Waals surface area contributed by atoms with E-state index >= 15 is 0 Å². The van der Waals surface area contributed by atoms with Crippen LogP contribution in [0.4, 0.5) is 4.39 Å². The molecule has 8 heteroatoms. The first kappa shape index (κ1) is 18.5. The summed E-state index contributed by atoms with van der Waals surface area (Å²) in [5.41, 5.74) is 1.11. The van der Waals surface area contributed by atoms with E-state index in [0.717, 1.165) is 18.4 Å². The van der Waals surface area contributed by atoms with Crippen LogP contribution in [0.3, 0.4) is 0 Å². The van der Waals surface area contributed by atoms with Crippen molar-refractivity contribution in [2.24, 2.45) is 0 Å². The highest BCUT2D eigenvalue weighted by molar-refractivity contribution is 7.13. The number of hydrogen-bond donors (Lipinski definition) is 2. The van der Waals surface area contributed by atoms with Gasteiger partial charge in [-0.25, -0.2) is 9.37 Å². The van der Waals surface area contributed by atoms with E-state index in [2.05, 4.69) is 10.3 Å². The molecule has 0 unspecified atom stereocenters. The Hall–Kier alpha value is -2.32. The molecule has 6 nitrogen and oxygen atoms in total. The lowest BCUT2D eigenvalue weighted by Gasteiger charge is -2.42. The van der Waals surface area contributed by atoms with Crippen molar-refractivity contribution in [3.63, 3.8) is 0 Å². The molecule has 1 saturated carbocycles. The first-order valence-corrected chi connectivity index (χ1v) is 9.32. The van der Waals surface area contributed by atoms with Gasteiger partial charge in [0, 0.05) is 23.0 Å². The summed E-state index contributed by atoms with van der Waals surface area (Å²) in [7, 11) is 0. The molecule has 2 aromatic rings. The number of amides is 1. The molecule has 1 heterocycles. The molecule has 26 heavy (non-hydrogen) atoms. The van der Waals surface area contributed by atoms with Crippen molar-refractivity contribution in [3.8, 4) is 10.6 Å². The highest BCUT2D eigenvalue weighted by Crippen LogP contribution is 2.27. The fraction of sp³-hybridized carbons (Fsp3) is 0.389. The summed E-state index contributed by atoms with van der Waals surface area (Å²) >= 11 is 1.34. The molecule has 1 aliphatic rings. The van der Waals surface area contributed by atoms with Gasteiger partial charge in [0.2, 0.25) is 0 Å². The highest BCUT2D eigenvalue weighted by Gasteiger charge is 2.35. The van der Waals surface area contributed by atoms with Crippen LogP contribution in [-0.2, 0) is 4.79 Å². The number of likely N-dealkylation sites (N-methyl/N-ethyl adjacent to an activating group) is 1. The van der Waals surface area contributed by atoms with Gasteiger partial charge < -0.3 is 10.4 Å². The molecule has 0 spiro atoms. The highest BCUT2D eigenvalue weighted by atomic mass is 32.1. The topological polar surface area (TPSA) is 82.5 Å². The van der Waals surface area contributed by atoms with Crippen molar-refractivity contribution >= 4 is 23.2 Å². The fourth-order valence-electron chi connectivity index (χ4n) is 3.04. The Morgan fingerprint density at radius 3 is 2.65 bits per heavy atom. The van der Waals surface area contributed by atoms with Gasteiger partial charge in [-0.1, -0.05) is 6.92 Å². The van der Waals surface area contributed by atoms with E-state index in [9.17, 15) is 14.0 Å². The lowest BCUT2D eigenvalue weighted by molar-refractivity contribution is -0.139. The van der Waals surface area contributed by atoms with E-state index in [4.69, 9.17) is 5.11 Å². The van der Waals surface area contributed by atoms with Crippen LogP contribution in [0.25, 0.3) is 10.6 Å². The van der Waals surface area contributed by atoms with Crippen molar-refractivity contribution in [2.75, 3.05) is 13.1 Å². The quantitative estimate of drug-likeness (QED) is 0.775. The minimum absolute atomic E-state index is 0.0228. The van der Waals surface area contributed by atoms with Gasteiger partial charge in [0.1, 0.15) is 16.5 Å². The molecule has 1 aromatic heterocycles. The van der Waals surface area contributed by atoms with Crippen molar-refractivity contribution in [1.82, 2.24) is 15.2 Å². The van der Waals surface area contributed by atoms with Gasteiger partial charge in [-0.3, -0.25) is 14.5 Å². The van der Waals surface area contributed by atoms with Gasteiger partial charge in [0.15, 0.2) is 0 Å². The summed E-state index contributed by atoms with van der Waals surface area (Å²) in [4.78, 5) is 29.4. The molecule has 0 saturated heterocycles. The summed E-state index contributed by atoms with van der Waals surface area (Å²) in [6, 6.07) is 6.21. The largest absolute Gasteiger partial charge is 0.480 e. The summed E-state index contributed by atoms with van der Waals surface area (Å²) < 4.78 is 13.0. The zero-order valence-corrected chi connectivity index (χ0v) is 15.1. The normalized spacial score (nSPS) is 19.2.